The number of benzene rings is 1. The summed E-state index contributed by atoms with van der Waals surface area (Å²) >= 11 is 2.55. The van der Waals surface area contributed by atoms with Crippen molar-refractivity contribution in [1.82, 2.24) is 0 Å². The van der Waals surface area contributed by atoms with Gasteiger partial charge in [-0.05, 0) is 35.0 Å². The van der Waals surface area contributed by atoms with Crippen LogP contribution in [-0.2, 0) is 17.2 Å². The predicted octanol–water partition coefficient (Wildman–Crippen LogP) is 6.85. The van der Waals surface area contributed by atoms with E-state index in [4.69, 9.17) is 10.6 Å². The first kappa shape index (κ1) is 23.1. The first-order chi connectivity index (χ1) is 15.5. The topological polar surface area (TPSA) is 76.7 Å². The molecule has 0 spiro atoms. The van der Waals surface area contributed by atoms with Crippen molar-refractivity contribution < 1.29 is 36.0 Å². The van der Waals surface area contributed by atoms with Crippen LogP contribution in [0.25, 0.3) is 0 Å². The third-order valence-electron chi connectivity index (χ3n) is 4.76. The molecule has 3 heterocycles. The van der Waals surface area contributed by atoms with Crippen molar-refractivity contribution in [2.45, 2.75) is 24.9 Å². The predicted molar refractivity (Wildman–Crippen MR) is 113 cm³/mol. The van der Waals surface area contributed by atoms with E-state index >= 15 is 0 Å². The normalized spacial score (nSPS) is 16.4. The third-order valence-corrected chi connectivity index (χ3v) is 6.58. The average Bonchev–Trinajstić information content (AvgIpc) is 3.46. The Kier molecular flexibility index (Phi) is 5.86. The van der Waals surface area contributed by atoms with E-state index in [1.54, 1.807) is 0 Å². The maximum atomic E-state index is 13.3. The quantitative estimate of drug-likeness (QED) is 0.294. The van der Waals surface area contributed by atoms with Crippen LogP contribution in [0.5, 0.6) is 0 Å². The molecule has 1 aliphatic rings. The highest BCUT2D eigenvalue weighted by molar-refractivity contribution is 7.18. The lowest BCUT2D eigenvalue weighted by atomic mass is 9.99. The van der Waals surface area contributed by atoms with Crippen molar-refractivity contribution in [2.75, 3.05) is 11.1 Å². The van der Waals surface area contributed by atoms with Crippen LogP contribution >= 0.6 is 22.7 Å². The number of halogens is 6. The maximum Gasteiger partial charge on any atom is 0.417 e. The fraction of sp³-hybridized carbons (Fsp3) is 0.200. The van der Waals surface area contributed by atoms with Crippen LogP contribution in [0.2, 0.25) is 0 Å². The number of nitrogen functional groups attached to an aromatic ring is 1. The Hall–Kier alpha value is -3.06. The maximum absolute atomic E-state index is 13.3. The van der Waals surface area contributed by atoms with Gasteiger partial charge in [-0.3, -0.25) is 4.79 Å². The monoisotopic (exact) mass is 505 g/mol. The van der Waals surface area contributed by atoms with E-state index in [1.807, 2.05) is 16.8 Å². The Morgan fingerprint density at radius 1 is 1.15 bits per heavy atom. The van der Waals surface area contributed by atoms with Crippen LogP contribution in [0, 0.1) is 0 Å². The molecule has 3 N–H and O–H groups in total. The zero-order chi connectivity index (χ0) is 24.0. The standard InChI is InChI=1S/C20H13F6N3O2S2/c21-19(22,23)12-4-11(3-10(7-30)17(12)20(24,25)26)28-16-5-13(27)18(33-16)14-6-15(31-29-14)9-1-2-32-8-9/h1-5,7-8,15,28H,6,27H2. The molecule has 1 atom stereocenters. The van der Waals surface area contributed by atoms with E-state index in [2.05, 4.69) is 10.5 Å². The molecule has 1 aliphatic heterocycles. The highest BCUT2D eigenvalue weighted by Crippen LogP contribution is 2.44. The Balaban J connectivity index is 1.63. The number of rotatable bonds is 5. The van der Waals surface area contributed by atoms with Crippen molar-refractivity contribution in [3.05, 3.63) is 62.2 Å². The Morgan fingerprint density at radius 3 is 2.52 bits per heavy atom. The van der Waals surface area contributed by atoms with Crippen molar-refractivity contribution in [2.24, 2.45) is 5.16 Å². The van der Waals surface area contributed by atoms with Gasteiger partial charge < -0.3 is 15.9 Å². The van der Waals surface area contributed by atoms with Crippen LogP contribution in [0.15, 0.2) is 40.2 Å². The van der Waals surface area contributed by atoms with Crippen LogP contribution < -0.4 is 11.1 Å². The molecule has 0 fully saturated rings. The first-order valence-corrected chi connectivity index (χ1v) is 10.9. The van der Waals surface area contributed by atoms with Gasteiger partial charge in [0.25, 0.3) is 0 Å². The molecule has 0 amide bonds. The second-order valence-electron chi connectivity index (χ2n) is 7.01. The Morgan fingerprint density at radius 2 is 1.91 bits per heavy atom. The number of hydrogen-bond donors (Lipinski definition) is 2. The summed E-state index contributed by atoms with van der Waals surface area (Å²) in [7, 11) is 0. The van der Waals surface area contributed by atoms with Gasteiger partial charge >= 0.3 is 12.4 Å². The molecular formula is C20H13F6N3O2S2. The van der Waals surface area contributed by atoms with Gasteiger partial charge in [0.2, 0.25) is 0 Å². The molecule has 2 aromatic heterocycles. The van der Waals surface area contributed by atoms with Gasteiger partial charge in [-0.1, -0.05) is 5.16 Å². The third kappa shape index (κ3) is 4.69. The zero-order valence-electron chi connectivity index (χ0n) is 16.3. The zero-order valence-corrected chi connectivity index (χ0v) is 17.9. The number of nitrogens with one attached hydrogen (secondary N) is 1. The summed E-state index contributed by atoms with van der Waals surface area (Å²) < 4.78 is 79.7. The number of anilines is 3. The largest absolute Gasteiger partial charge is 0.417 e. The molecule has 0 radical (unpaired) electrons. The summed E-state index contributed by atoms with van der Waals surface area (Å²) in [5.41, 5.74) is 2.32. The molecule has 3 aromatic rings. The second-order valence-corrected chi connectivity index (χ2v) is 8.85. The van der Waals surface area contributed by atoms with Crippen molar-refractivity contribution in [3.8, 4) is 0 Å². The fourth-order valence-corrected chi connectivity index (χ4v) is 5.04. The van der Waals surface area contributed by atoms with Gasteiger partial charge in [0, 0.05) is 23.2 Å². The van der Waals surface area contributed by atoms with Gasteiger partial charge in [-0.15, -0.1) is 11.3 Å². The van der Waals surface area contributed by atoms with E-state index in [0.717, 1.165) is 16.9 Å². The van der Waals surface area contributed by atoms with Crippen molar-refractivity contribution >= 4 is 51.0 Å². The highest BCUT2D eigenvalue weighted by Gasteiger charge is 2.45. The van der Waals surface area contributed by atoms with Crippen LogP contribution in [0.3, 0.4) is 0 Å². The number of oxime groups is 1. The van der Waals surface area contributed by atoms with Gasteiger partial charge in [0.15, 0.2) is 12.4 Å². The summed E-state index contributed by atoms with van der Waals surface area (Å²) in [4.78, 5) is 17.1. The number of hydrogen-bond acceptors (Lipinski definition) is 7. The molecule has 33 heavy (non-hydrogen) atoms. The minimum atomic E-state index is -5.36. The second kappa shape index (κ2) is 8.37. The summed E-state index contributed by atoms with van der Waals surface area (Å²) in [6.45, 7) is 0. The number of carbonyl (C=O) groups excluding carboxylic acids is 1. The van der Waals surface area contributed by atoms with Gasteiger partial charge in [-0.2, -0.15) is 37.7 Å². The molecule has 4 rings (SSSR count). The van der Waals surface area contributed by atoms with Crippen LogP contribution in [0.4, 0.5) is 42.7 Å². The van der Waals surface area contributed by atoms with Crippen molar-refractivity contribution in [1.29, 1.82) is 0 Å². The molecule has 13 heteroatoms. The fourth-order valence-electron chi connectivity index (χ4n) is 3.35. The molecule has 1 aromatic carbocycles. The molecule has 174 valence electrons. The smallest absolute Gasteiger partial charge is 0.397 e. The lowest BCUT2D eigenvalue weighted by Gasteiger charge is -2.19. The molecule has 1 unspecified atom stereocenters. The van der Waals surface area contributed by atoms with E-state index in [-0.39, 0.29) is 28.8 Å². The summed E-state index contributed by atoms with van der Waals surface area (Å²) in [6, 6.07) is 4.34. The van der Waals surface area contributed by atoms with Crippen LogP contribution in [-0.4, -0.2) is 12.0 Å². The minimum absolute atomic E-state index is 0.257. The number of nitrogens with two attached hydrogens (primary N) is 1. The number of nitrogens with zero attached hydrogens (tertiary/aromatic N) is 1. The summed E-state index contributed by atoms with van der Waals surface area (Å²) in [5, 5.41) is 10.7. The molecule has 0 aliphatic carbocycles. The van der Waals surface area contributed by atoms with E-state index in [1.165, 1.54) is 17.4 Å². The lowest BCUT2D eigenvalue weighted by molar-refractivity contribution is -0.162. The minimum Gasteiger partial charge on any atom is -0.397 e. The molecule has 0 bridgehead atoms. The van der Waals surface area contributed by atoms with Gasteiger partial charge in [-0.25, -0.2) is 0 Å². The molecule has 0 saturated heterocycles. The van der Waals surface area contributed by atoms with E-state index in [9.17, 15) is 31.1 Å². The molecule has 0 saturated carbocycles. The van der Waals surface area contributed by atoms with Crippen LogP contribution in [0.1, 0.15) is 44.5 Å². The lowest BCUT2D eigenvalue weighted by Crippen LogP contribution is -2.19. The number of thiophene rings is 2. The number of carbonyl (C=O) groups is 1. The molecule has 5 nitrogen and oxygen atoms in total. The SMILES string of the molecule is Nc1cc(Nc2cc(C=O)c(C(F)(F)F)c(C(F)(F)F)c2)sc1C1=NOC(c2ccsc2)C1. The summed E-state index contributed by atoms with van der Waals surface area (Å²) in [5.74, 6) is 0. The number of alkyl halides is 6. The molecular weight excluding hydrogens is 492 g/mol. The average molecular weight is 505 g/mol. The van der Waals surface area contributed by atoms with Gasteiger partial charge in [0.1, 0.15) is 5.71 Å². The van der Waals surface area contributed by atoms with Crippen molar-refractivity contribution in [3.63, 3.8) is 0 Å². The van der Waals surface area contributed by atoms with Gasteiger partial charge in [0.05, 0.1) is 26.7 Å². The van der Waals surface area contributed by atoms with E-state index < -0.39 is 29.0 Å². The Bertz CT molecular complexity index is 1220. The first-order valence-electron chi connectivity index (χ1n) is 9.16. The van der Waals surface area contributed by atoms with E-state index in [0.29, 0.717) is 29.1 Å². The Labute approximate surface area is 190 Å². The highest BCUT2D eigenvalue weighted by atomic mass is 32.1. The number of aldehydes is 1. The summed E-state index contributed by atoms with van der Waals surface area (Å²) in [6.07, 6.45) is -10.8.